The van der Waals surface area contributed by atoms with Crippen molar-refractivity contribution in [3.05, 3.63) is 47.6 Å². The van der Waals surface area contributed by atoms with Crippen LogP contribution < -0.4 is 16.0 Å². The quantitative estimate of drug-likeness (QED) is 0.0222. The summed E-state index contributed by atoms with van der Waals surface area (Å²) in [5.74, 6) is -11.3. The zero-order valence-electron chi connectivity index (χ0n) is 60.8. The van der Waals surface area contributed by atoms with E-state index in [0.29, 0.717) is 57.8 Å². The number of rotatable bonds is 29. The number of aliphatic hydroxyl groups is 7. The van der Waals surface area contributed by atoms with Gasteiger partial charge in [0.25, 0.3) is 11.7 Å². The van der Waals surface area contributed by atoms with Crippen molar-refractivity contribution in [2.45, 2.75) is 229 Å². The molecule has 3 aliphatic heterocycles. The van der Waals surface area contributed by atoms with Crippen LogP contribution in [0.5, 0.6) is 0 Å². The fraction of sp³-hybridized carbons (Fsp3) is 0.761. The predicted molar refractivity (Wildman–Crippen MR) is 377 cm³/mol. The Morgan fingerprint density at radius 2 is 1.52 bits per heavy atom. The van der Waals surface area contributed by atoms with Crippen molar-refractivity contribution in [3.8, 4) is 0 Å². The van der Waals surface area contributed by atoms with Crippen molar-refractivity contribution < 1.29 is 122 Å². The summed E-state index contributed by atoms with van der Waals surface area (Å²) < 4.78 is 46.5. The molecular formula is C71H114N4O25S2. The number of piperidine rings is 1. The Morgan fingerprint density at radius 3 is 2.19 bits per heavy atom. The largest absolute Gasteiger partial charge is 0.508 e. The molecule has 2 saturated heterocycles. The van der Waals surface area contributed by atoms with Crippen LogP contribution in [0.3, 0.4) is 0 Å². The molecule has 0 spiro atoms. The number of nitrogens with zero attached hydrogens (tertiary/aromatic N) is 1. The number of cyclic esters (lactones) is 1. The average molecular weight is 1490 g/mol. The monoisotopic (exact) mass is 1490 g/mol. The van der Waals surface area contributed by atoms with E-state index in [1.165, 1.54) is 25.0 Å². The number of fused-ring (bicyclic) bond motifs is 3. The third-order valence-electron chi connectivity index (χ3n) is 19.6. The van der Waals surface area contributed by atoms with Gasteiger partial charge in [-0.3, -0.25) is 28.8 Å². The van der Waals surface area contributed by atoms with Crippen molar-refractivity contribution in [1.82, 2.24) is 20.9 Å². The molecule has 1 aliphatic carbocycles. The molecule has 11 N–H and O–H groups in total. The van der Waals surface area contributed by atoms with Crippen LogP contribution in [0.15, 0.2) is 47.6 Å². The van der Waals surface area contributed by atoms with E-state index in [4.69, 9.17) is 43.0 Å². The second-order valence-corrected chi connectivity index (χ2v) is 30.0. The molecule has 31 heteroatoms. The molecule has 29 nitrogen and oxygen atoms in total. The molecule has 1 saturated carbocycles. The normalized spacial score (nSPS) is 30.6. The van der Waals surface area contributed by atoms with Gasteiger partial charge in [-0.2, -0.15) is 0 Å². The SMILES string of the molecule is CN[C@@H](CCC(=O)NC[C@H](O)[C@@H](O)[C@H](O)[C@H](O)CO)C(=O)N[C@@H](CSSCCOC(=O)OCCO[C@@H]1CC[C@@H](C[C@@H](C)[C@@H]2CC(=O)/C(C)=C/C(C)[C@@H](O)[C@@H](OC)C(=O)[C@H](C)C[C@H](C)C=CC=CC=C(C)[C@@H](OC)C[C@@H]3CC[C@@H](C)[C@@](O)(O3)C(=O)C(=O)N3CCCC[C@H]3C(=O)O2)C[C@H]1OC)C(=O)O. The smallest absolute Gasteiger partial charge is 0.480 e. The maximum absolute atomic E-state index is 14.7. The van der Waals surface area contributed by atoms with E-state index in [-0.39, 0.29) is 93.2 Å². The molecule has 2 bridgehead atoms. The summed E-state index contributed by atoms with van der Waals surface area (Å²) in [6, 6.07) is -3.56. The molecule has 580 valence electrons. The molecule has 4 aliphatic rings. The molecule has 1 unspecified atom stereocenters. The number of likely N-dealkylation sites (N-methyl/N-ethyl adjacent to an activating group) is 1. The van der Waals surface area contributed by atoms with Gasteiger partial charge < -0.3 is 99.6 Å². The minimum atomic E-state index is -2.50. The second kappa shape index (κ2) is 45.3. The van der Waals surface area contributed by atoms with E-state index in [1.807, 2.05) is 51.2 Å². The molecule has 3 fully saturated rings. The summed E-state index contributed by atoms with van der Waals surface area (Å²) >= 11 is 0. The minimum absolute atomic E-state index is 0.000814. The number of allylic oxidation sites excluding steroid dienone is 6. The van der Waals surface area contributed by atoms with Crippen LogP contribution in [0.2, 0.25) is 0 Å². The van der Waals surface area contributed by atoms with Crippen molar-refractivity contribution in [3.63, 3.8) is 0 Å². The maximum Gasteiger partial charge on any atom is 0.508 e. The number of amides is 3. The van der Waals surface area contributed by atoms with Crippen molar-refractivity contribution in [1.29, 1.82) is 0 Å². The number of carbonyl (C=O) groups is 9. The lowest BCUT2D eigenvalue weighted by Crippen LogP contribution is -2.61. The highest BCUT2D eigenvalue weighted by atomic mass is 33.1. The number of carboxylic acid groups (broad SMARTS) is 1. The summed E-state index contributed by atoms with van der Waals surface area (Å²) in [7, 11) is 8.17. The molecule has 0 radical (unpaired) electrons. The molecule has 0 aromatic rings. The summed E-state index contributed by atoms with van der Waals surface area (Å²) in [5, 5.41) is 89.2. The van der Waals surface area contributed by atoms with Crippen molar-refractivity contribution in [2.24, 2.45) is 35.5 Å². The van der Waals surface area contributed by atoms with E-state index in [0.717, 1.165) is 21.3 Å². The molecule has 0 aromatic heterocycles. The first kappa shape index (κ1) is 89.2. The molecule has 102 heavy (non-hydrogen) atoms. The van der Waals surface area contributed by atoms with Crippen LogP contribution in [-0.4, -0.2) is 269 Å². The Bertz CT molecular complexity index is 2830. The molecule has 3 heterocycles. The highest BCUT2D eigenvalue weighted by Crippen LogP contribution is 2.38. The van der Waals surface area contributed by atoms with Crippen LogP contribution in [0, 0.1) is 35.5 Å². The molecule has 3 amide bonds. The van der Waals surface area contributed by atoms with Crippen LogP contribution in [0.4, 0.5) is 4.79 Å². The maximum atomic E-state index is 14.7. The topological polar surface area (TPSA) is 429 Å². The lowest BCUT2D eigenvalue weighted by atomic mass is 9.78. The number of Topliss-reactive ketones (excluding diaryl/α,β-unsaturated/α-hetero) is 3. The third-order valence-corrected chi connectivity index (χ3v) is 22.0. The van der Waals surface area contributed by atoms with Crippen LogP contribution in [0.1, 0.15) is 138 Å². The molecule has 21 atom stereocenters. The number of aliphatic hydroxyl groups excluding tert-OH is 6. The first-order valence-corrected chi connectivity index (χ1v) is 37.8. The van der Waals surface area contributed by atoms with E-state index in [2.05, 4.69) is 16.0 Å². The van der Waals surface area contributed by atoms with Crippen molar-refractivity contribution in [2.75, 3.05) is 79.4 Å². The number of hydrogen-bond acceptors (Lipinski definition) is 27. The second-order valence-electron chi connectivity index (χ2n) is 27.4. The Hall–Kier alpha value is -5.23. The average Bonchev–Trinajstić information content (AvgIpc) is 0.774. The first-order chi connectivity index (χ1) is 48.3. The number of ether oxygens (including phenoxy) is 8. The van der Waals surface area contributed by atoms with Gasteiger partial charge in [0, 0.05) is 82.9 Å². The Morgan fingerprint density at radius 1 is 0.814 bits per heavy atom. The van der Waals surface area contributed by atoms with Crippen LogP contribution in [-0.2, 0) is 76.3 Å². The fourth-order valence-electron chi connectivity index (χ4n) is 13.1. The molecular weight excluding hydrogens is 1370 g/mol. The number of ketones is 3. The Labute approximate surface area is 606 Å². The highest BCUT2D eigenvalue weighted by Gasteiger charge is 2.53. The minimum Gasteiger partial charge on any atom is -0.480 e. The van der Waals surface area contributed by atoms with Gasteiger partial charge in [-0.05, 0) is 120 Å². The number of methoxy groups -OCH3 is 3. The third kappa shape index (κ3) is 27.9. The zero-order chi connectivity index (χ0) is 76.0. The van der Waals surface area contributed by atoms with Crippen LogP contribution >= 0.6 is 21.6 Å². The standard InChI is InChI=1S/C71H114N4O25S2/c1-40-17-13-12-14-18-41(2)56(93-9)35-48-22-20-46(7)71(92,100-48)65(85)67(87)75-26-16-15-19-51(75)69(90)99-57(36-52(77)42(3)32-45(6)61(82)64(95-11)60(81)44(5)31-40)43(4)33-47-21-24-55(58(34-47)94-10)96-27-28-97-70(91)98-29-30-101-102-39-50(68(88)89)74-66(86)49(72-8)23-25-59(80)73-37-53(78)62(83)63(84)54(79)38-76/h12-14,17-18,32,40,43-51,53-58,61-64,72,76,78-79,82-84,92H,15-16,19-31,33-39H2,1-11H3,(H,73,80)(H,74,86)(H,88,89)/b14-12?,17-13?,41-18?,42-32+/t40-,43-,44-,45?,46-,47+,48+,49+,50+,51+,53+,54-,55-,56+,57+,58-,61-,62-,63-,64+,71-/m1/s1. The van der Waals surface area contributed by atoms with Gasteiger partial charge in [0.1, 0.15) is 55.8 Å². The van der Waals surface area contributed by atoms with Gasteiger partial charge in [-0.25, -0.2) is 14.4 Å². The van der Waals surface area contributed by atoms with Crippen LogP contribution in [0.25, 0.3) is 0 Å². The summed E-state index contributed by atoms with van der Waals surface area (Å²) in [6.07, 6.45) is 1.54. The van der Waals surface area contributed by atoms with Gasteiger partial charge in [0.15, 0.2) is 11.6 Å². The summed E-state index contributed by atoms with van der Waals surface area (Å²) in [6.45, 7) is 10.8. The number of carbonyl (C=O) groups excluding carboxylic acids is 8. The summed E-state index contributed by atoms with van der Waals surface area (Å²) in [5.41, 5.74) is 1.09. The van der Waals surface area contributed by atoms with E-state index in [9.17, 15) is 78.9 Å². The number of aliphatic carboxylic acids is 1. The van der Waals surface area contributed by atoms with E-state index >= 15 is 0 Å². The Balaban J connectivity index is 1.37. The zero-order valence-corrected chi connectivity index (χ0v) is 62.5. The van der Waals surface area contributed by atoms with Crippen molar-refractivity contribution >= 4 is 74.8 Å². The summed E-state index contributed by atoms with van der Waals surface area (Å²) in [4.78, 5) is 123. The number of hydrogen-bond donors (Lipinski definition) is 11. The van der Waals surface area contributed by atoms with Gasteiger partial charge in [0.2, 0.25) is 17.6 Å². The lowest BCUT2D eigenvalue weighted by Gasteiger charge is -2.42. The van der Waals surface area contributed by atoms with Gasteiger partial charge in [0.05, 0.1) is 55.9 Å². The number of esters is 1. The predicted octanol–water partition coefficient (Wildman–Crippen LogP) is 3.23. The first-order valence-electron chi connectivity index (χ1n) is 35.3. The number of nitrogens with one attached hydrogen (secondary N) is 3. The fourth-order valence-corrected chi connectivity index (χ4v) is 15.1. The lowest BCUT2D eigenvalue weighted by molar-refractivity contribution is -0.265. The van der Waals surface area contributed by atoms with Gasteiger partial charge in [-0.15, -0.1) is 0 Å². The molecule has 4 rings (SSSR count). The number of carboxylic acids is 1. The Kier molecular flexibility index (Phi) is 39.6. The van der Waals surface area contributed by atoms with Gasteiger partial charge in [-0.1, -0.05) is 92.7 Å². The van der Waals surface area contributed by atoms with E-state index < -0.39 is 175 Å². The molecule has 0 aromatic carbocycles. The highest BCUT2D eigenvalue weighted by molar-refractivity contribution is 8.76. The van der Waals surface area contributed by atoms with E-state index in [1.54, 1.807) is 48.0 Å². The van der Waals surface area contributed by atoms with Gasteiger partial charge >= 0.3 is 18.1 Å².